The zero-order chi connectivity index (χ0) is 13.9. The van der Waals surface area contributed by atoms with E-state index >= 15 is 0 Å². The second-order valence-electron chi connectivity index (χ2n) is 5.83. The predicted octanol–water partition coefficient (Wildman–Crippen LogP) is 4.87. The van der Waals surface area contributed by atoms with E-state index in [9.17, 15) is 4.79 Å². The number of rotatable bonds is 6. The average Bonchev–Trinajstić information content (AvgIpc) is 3.24. The fourth-order valence-corrected chi connectivity index (χ4v) is 5.42. The maximum atomic E-state index is 12.1. The highest BCUT2D eigenvalue weighted by Crippen LogP contribution is 2.44. The summed E-state index contributed by atoms with van der Waals surface area (Å²) in [5, 5.41) is 4.36. The lowest BCUT2D eigenvalue weighted by Gasteiger charge is -2.12. The number of nitrogens with one attached hydrogen (secondary N) is 1. The Morgan fingerprint density at radius 2 is 2.15 bits per heavy atom. The minimum atomic E-state index is 0.251. The summed E-state index contributed by atoms with van der Waals surface area (Å²) in [4.78, 5) is 15.0. The molecule has 1 saturated carbocycles. The molecule has 2 nitrogen and oxygen atoms in total. The third kappa shape index (κ3) is 3.22. The van der Waals surface area contributed by atoms with Crippen LogP contribution in [0.3, 0.4) is 0 Å². The molecular formula is C16H23NOS2. The van der Waals surface area contributed by atoms with Gasteiger partial charge in [0.05, 0.1) is 0 Å². The molecule has 3 rings (SSSR count). The Kier molecular flexibility index (Phi) is 4.72. The molecule has 0 atom stereocenters. The highest BCUT2D eigenvalue weighted by atomic mass is 32.2. The van der Waals surface area contributed by atoms with Gasteiger partial charge in [0.15, 0.2) is 0 Å². The number of thiophene rings is 1. The topological polar surface area (TPSA) is 29.1 Å². The summed E-state index contributed by atoms with van der Waals surface area (Å²) < 4.78 is 0. The third-order valence-corrected chi connectivity index (χ3v) is 6.62. The van der Waals surface area contributed by atoms with Crippen LogP contribution in [0.2, 0.25) is 0 Å². The van der Waals surface area contributed by atoms with E-state index in [0.717, 1.165) is 17.8 Å². The van der Waals surface area contributed by atoms with Gasteiger partial charge >= 0.3 is 0 Å². The number of amides is 1. The van der Waals surface area contributed by atoms with Crippen LogP contribution in [0.5, 0.6) is 0 Å². The van der Waals surface area contributed by atoms with Crippen molar-refractivity contribution < 1.29 is 4.79 Å². The van der Waals surface area contributed by atoms with Gasteiger partial charge in [0.2, 0.25) is 5.91 Å². The second kappa shape index (κ2) is 6.52. The molecule has 1 N–H and O–H groups in total. The Morgan fingerprint density at radius 1 is 1.35 bits per heavy atom. The van der Waals surface area contributed by atoms with Gasteiger partial charge in [-0.15, -0.1) is 23.1 Å². The number of fused-ring (bicyclic) bond motifs is 1. The van der Waals surface area contributed by atoms with Crippen molar-refractivity contribution in [2.24, 2.45) is 5.92 Å². The van der Waals surface area contributed by atoms with Gasteiger partial charge in [0.1, 0.15) is 5.00 Å². The first kappa shape index (κ1) is 14.5. The normalized spacial score (nSPS) is 17.9. The molecule has 2 aliphatic carbocycles. The fourth-order valence-electron chi connectivity index (χ4n) is 2.65. The molecule has 20 heavy (non-hydrogen) atoms. The van der Waals surface area contributed by atoms with E-state index in [4.69, 9.17) is 0 Å². The quantitative estimate of drug-likeness (QED) is 0.600. The van der Waals surface area contributed by atoms with Crippen LogP contribution in [-0.2, 0) is 17.6 Å². The van der Waals surface area contributed by atoms with Crippen LogP contribution < -0.4 is 5.32 Å². The molecule has 110 valence electrons. The van der Waals surface area contributed by atoms with Gasteiger partial charge in [-0.2, -0.15) is 0 Å². The Morgan fingerprint density at radius 3 is 2.90 bits per heavy atom. The molecule has 1 fully saturated rings. The molecule has 1 aromatic rings. The minimum Gasteiger partial charge on any atom is -0.317 e. The van der Waals surface area contributed by atoms with E-state index in [1.54, 1.807) is 5.56 Å². The lowest BCUT2D eigenvalue weighted by molar-refractivity contribution is -0.117. The summed E-state index contributed by atoms with van der Waals surface area (Å²) in [6, 6.07) is 0. The monoisotopic (exact) mass is 309 g/mol. The molecule has 0 bridgehead atoms. The summed E-state index contributed by atoms with van der Waals surface area (Å²) in [7, 11) is 0. The first-order valence-electron chi connectivity index (χ1n) is 7.87. The van der Waals surface area contributed by atoms with E-state index in [2.05, 4.69) is 12.2 Å². The van der Waals surface area contributed by atoms with E-state index in [1.165, 1.54) is 54.1 Å². The maximum absolute atomic E-state index is 12.1. The van der Waals surface area contributed by atoms with Crippen LogP contribution in [0, 0.1) is 5.92 Å². The molecule has 1 heterocycles. The second-order valence-corrected chi connectivity index (χ2v) is 8.05. The molecule has 0 radical (unpaired) electrons. The van der Waals surface area contributed by atoms with Gasteiger partial charge in [-0.25, -0.2) is 0 Å². The smallest absolute Gasteiger partial charge is 0.228 e. The number of anilines is 1. The zero-order valence-electron chi connectivity index (χ0n) is 12.2. The summed E-state index contributed by atoms with van der Waals surface area (Å²) in [5.74, 6) is 1.72. The Balaban J connectivity index is 1.78. The van der Waals surface area contributed by atoms with Gasteiger partial charge < -0.3 is 5.32 Å². The van der Waals surface area contributed by atoms with Crippen molar-refractivity contribution in [2.45, 2.75) is 63.2 Å². The number of thioether (sulfide) groups is 1. The van der Waals surface area contributed by atoms with Crippen LogP contribution in [-0.4, -0.2) is 11.7 Å². The summed E-state index contributed by atoms with van der Waals surface area (Å²) >= 11 is 3.80. The Labute approximate surface area is 129 Å². The van der Waals surface area contributed by atoms with Gasteiger partial charge in [0.25, 0.3) is 0 Å². The molecule has 0 saturated heterocycles. The van der Waals surface area contributed by atoms with Gasteiger partial charge in [0, 0.05) is 15.7 Å². The van der Waals surface area contributed by atoms with E-state index < -0.39 is 0 Å². The highest BCUT2D eigenvalue weighted by Gasteiger charge is 2.31. The molecular weight excluding hydrogens is 286 g/mol. The first-order valence-corrected chi connectivity index (χ1v) is 9.68. The van der Waals surface area contributed by atoms with Crippen LogP contribution in [0.4, 0.5) is 5.00 Å². The van der Waals surface area contributed by atoms with E-state index in [-0.39, 0.29) is 5.91 Å². The van der Waals surface area contributed by atoms with Crippen molar-refractivity contribution in [1.82, 2.24) is 0 Å². The van der Waals surface area contributed by atoms with Crippen molar-refractivity contribution >= 4 is 34.0 Å². The Bertz CT molecular complexity index is 491. The van der Waals surface area contributed by atoms with Crippen molar-refractivity contribution in [3.8, 4) is 0 Å². The number of hydrogen-bond acceptors (Lipinski definition) is 3. The van der Waals surface area contributed by atoms with Crippen LogP contribution in [0.15, 0.2) is 4.90 Å². The van der Waals surface area contributed by atoms with Crippen LogP contribution in [0.1, 0.15) is 55.9 Å². The molecule has 1 aromatic heterocycles. The Hall–Kier alpha value is -0.480. The fraction of sp³-hybridized carbons (Fsp3) is 0.688. The molecule has 0 aromatic carbocycles. The molecule has 4 heteroatoms. The molecule has 2 aliphatic rings. The largest absolute Gasteiger partial charge is 0.317 e. The number of aryl methyl sites for hydroxylation is 1. The van der Waals surface area contributed by atoms with E-state index in [1.807, 2.05) is 23.1 Å². The lowest BCUT2D eigenvalue weighted by Crippen LogP contribution is -2.12. The molecule has 0 aliphatic heterocycles. The first-order chi connectivity index (χ1) is 9.79. The van der Waals surface area contributed by atoms with Crippen molar-refractivity contribution in [3.05, 3.63) is 10.4 Å². The molecule has 0 spiro atoms. The van der Waals surface area contributed by atoms with Gasteiger partial charge in [-0.1, -0.05) is 13.3 Å². The minimum absolute atomic E-state index is 0.251. The van der Waals surface area contributed by atoms with Crippen molar-refractivity contribution in [2.75, 3.05) is 11.1 Å². The number of carbonyl (C=O) groups excluding carboxylic acids is 1. The molecule has 0 unspecified atom stereocenters. The van der Waals surface area contributed by atoms with Gasteiger partial charge in [-0.3, -0.25) is 4.79 Å². The number of unbranched alkanes of at least 4 members (excludes halogenated alkanes) is 1. The molecule has 1 amide bonds. The average molecular weight is 310 g/mol. The third-order valence-electron chi connectivity index (χ3n) is 4.05. The van der Waals surface area contributed by atoms with E-state index in [0.29, 0.717) is 5.92 Å². The van der Waals surface area contributed by atoms with Crippen molar-refractivity contribution in [1.29, 1.82) is 0 Å². The lowest BCUT2D eigenvalue weighted by atomic mass is 9.99. The van der Waals surface area contributed by atoms with Crippen LogP contribution in [0.25, 0.3) is 0 Å². The predicted molar refractivity (Wildman–Crippen MR) is 87.9 cm³/mol. The maximum Gasteiger partial charge on any atom is 0.228 e. The van der Waals surface area contributed by atoms with Crippen LogP contribution >= 0.6 is 23.1 Å². The zero-order valence-corrected chi connectivity index (χ0v) is 13.8. The highest BCUT2D eigenvalue weighted by molar-refractivity contribution is 7.99. The standard InChI is InChI=1S/C16H23NOS2/c1-2-3-10-19-14-12-6-4-5-7-13(12)20-16(14)17-15(18)11-8-9-11/h11H,2-10H2,1H3,(H,17,18). The summed E-state index contributed by atoms with van der Waals surface area (Å²) in [5.41, 5.74) is 1.55. The number of carbonyl (C=O) groups is 1. The SMILES string of the molecule is CCCCSc1c(NC(=O)C2CC2)sc2c1CCCC2. The number of hydrogen-bond donors (Lipinski definition) is 1. The van der Waals surface area contributed by atoms with Gasteiger partial charge in [-0.05, 0) is 56.3 Å². The summed E-state index contributed by atoms with van der Waals surface area (Å²) in [6.07, 6.45) is 9.68. The van der Waals surface area contributed by atoms with Crippen molar-refractivity contribution in [3.63, 3.8) is 0 Å². The summed E-state index contributed by atoms with van der Waals surface area (Å²) in [6.45, 7) is 2.24.